The van der Waals surface area contributed by atoms with Gasteiger partial charge in [-0.1, -0.05) is 0 Å². The maximum absolute atomic E-state index is 11.8. The first-order chi connectivity index (χ1) is 11.1. The lowest BCUT2D eigenvalue weighted by atomic mass is 10.3. The Balaban J connectivity index is 1.53. The Labute approximate surface area is 135 Å². The second-order valence-corrected chi connectivity index (χ2v) is 5.88. The fourth-order valence-corrected chi connectivity index (χ4v) is 2.76. The van der Waals surface area contributed by atoms with Gasteiger partial charge < -0.3 is 4.90 Å². The van der Waals surface area contributed by atoms with Crippen LogP contribution in [0.4, 0.5) is 5.82 Å². The van der Waals surface area contributed by atoms with Crippen molar-refractivity contribution >= 4 is 5.82 Å². The van der Waals surface area contributed by atoms with Gasteiger partial charge in [0, 0.05) is 50.6 Å². The summed E-state index contributed by atoms with van der Waals surface area (Å²) in [5, 5.41) is 4.28. The van der Waals surface area contributed by atoms with E-state index in [1.54, 1.807) is 23.1 Å². The molecule has 1 fully saturated rings. The Morgan fingerprint density at radius 2 is 1.78 bits per heavy atom. The van der Waals surface area contributed by atoms with Gasteiger partial charge in [-0.3, -0.25) is 9.69 Å². The van der Waals surface area contributed by atoms with Crippen LogP contribution in [0.1, 0.15) is 11.4 Å². The van der Waals surface area contributed by atoms with E-state index in [-0.39, 0.29) is 5.56 Å². The number of anilines is 1. The van der Waals surface area contributed by atoms with Crippen LogP contribution in [0.25, 0.3) is 0 Å². The van der Waals surface area contributed by atoms with E-state index in [1.807, 2.05) is 19.9 Å². The molecule has 0 aliphatic carbocycles. The second kappa shape index (κ2) is 6.87. The molecule has 1 aliphatic heterocycles. The van der Waals surface area contributed by atoms with Gasteiger partial charge in [0.05, 0.1) is 12.2 Å². The molecular formula is C16H22N6O. The van der Waals surface area contributed by atoms with E-state index >= 15 is 0 Å². The third-order valence-corrected chi connectivity index (χ3v) is 4.11. The number of rotatable bonds is 4. The summed E-state index contributed by atoms with van der Waals surface area (Å²) >= 11 is 0. The number of hydrogen-bond donors (Lipinski definition) is 0. The predicted octanol–water partition coefficient (Wildman–Crippen LogP) is 0.472. The fraction of sp³-hybridized carbons (Fsp3) is 0.500. The van der Waals surface area contributed by atoms with Crippen molar-refractivity contribution in [3.05, 3.63) is 46.3 Å². The van der Waals surface area contributed by atoms with Crippen LogP contribution in [0.5, 0.6) is 0 Å². The molecule has 1 saturated heterocycles. The van der Waals surface area contributed by atoms with E-state index in [1.165, 1.54) is 0 Å². The summed E-state index contributed by atoms with van der Waals surface area (Å²) in [5.41, 5.74) is 1.82. The molecule has 7 heteroatoms. The molecule has 0 spiro atoms. The summed E-state index contributed by atoms with van der Waals surface area (Å²) in [5.74, 6) is 0.994. The molecule has 1 aliphatic rings. The van der Waals surface area contributed by atoms with Crippen LogP contribution >= 0.6 is 0 Å². The van der Waals surface area contributed by atoms with Gasteiger partial charge in [-0.25, -0.2) is 14.6 Å². The average Bonchev–Trinajstić information content (AvgIpc) is 2.56. The standard InChI is InChI=1S/C16H22N6O/c1-13-3-4-16(23)22(19-13)10-7-20-5-8-21(9-6-20)15-11-14(2)17-12-18-15/h3-4,11-12H,5-10H2,1-2H3. The molecule has 3 heterocycles. The average molecular weight is 314 g/mol. The minimum Gasteiger partial charge on any atom is -0.354 e. The van der Waals surface area contributed by atoms with Gasteiger partial charge in [-0.15, -0.1) is 0 Å². The summed E-state index contributed by atoms with van der Waals surface area (Å²) in [6, 6.07) is 5.35. The summed E-state index contributed by atoms with van der Waals surface area (Å²) in [6.45, 7) is 9.15. The molecule has 122 valence electrons. The maximum atomic E-state index is 11.8. The largest absolute Gasteiger partial charge is 0.354 e. The fourth-order valence-electron chi connectivity index (χ4n) is 2.76. The normalized spacial score (nSPS) is 15.8. The van der Waals surface area contributed by atoms with Gasteiger partial charge in [0.1, 0.15) is 12.1 Å². The van der Waals surface area contributed by atoms with Gasteiger partial charge in [0.25, 0.3) is 5.56 Å². The van der Waals surface area contributed by atoms with Crippen molar-refractivity contribution < 1.29 is 0 Å². The maximum Gasteiger partial charge on any atom is 0.266 e. The van der Waals surface area contributed by atoms with E-state index in [0.29, 0.717) is 6.54 Å². The zero-order valence-electron chi connectivity index (χ0n) is 13.6. The second-order valence-electron chi connectivity index (χ2n) is 5.88. The number of hydrogen-bond acceptors (Lipinski definition) is 6. The van der Waals surface area contributed by atoms with Crippen LogP contribution in [0.2, 0.25) is 0 Å². The molecule has 23 heavy (non-hydrogen) atoms. The van der Waals surface area contributed by atoms with E-state index in [0.717, 1.165) is 49.9 Å². The number of aromatic nitrogens is 4. The first-order valence-corrected chi connectivity index (χ1v) is 7.92. The van der Waals surface area contributed by atoms with Crippen LogP contribution in [-0.4, -0.2) is 57.4 Å². The Morgan fingerprint density at radius 3 is 2.52 bits per heavy atom. The van der Waals surface area contributed by atoms with Crippen molar-refractivity contribution in [3.8, 4) is 0 Å². The summed E-state index contributed by atoms with van der Waals surface area (Å²) in [7, 11) is 0. The van der Waals surface area contributed by atoms with Crippen LogP contribution in [-0.2, 0) is 6.54 Å². The Bertz CT molecular complexity index is 721. The molecule has 0 amide bonds. The molecular weight excluding hydrogens is 292 g/mol. The molecule has 2 aromatic heterocycles. The number of piperazine rings is 1. The molecule has 2 aromatic rings. The minimum atomic E-state index is -0.0364. The molecule has 0 radical (unpaired) electrons. The van der Waals surface area contributed by atoms with E-state index in [9.17, 15) is 4.79 Å². The highest BCUT2D eigenvalue weighted by Crippen LogP contribution is 2.13. The highest BCUT2D eigenvalue weighted by Gasteiger charge is 2.18. The minimum absolute atomic E-state index is 0.0364. The zero-order chi connectivity index (χ0) is 16.2. The smallest absolute Gasteiger partial charge is 0.266 e. The van der Waals surface area contributed by atoms with Gasteiger partial charge >= 0.3 is 0 Å². The van der Waals surface area contributed by atoms with Crippen LogP contribution in [0.15, 0.2) is 29.3 Å². The first kappa shape index (κ1) is 15.6. The van der Waals surface area contributed by atoms with E-state index in [2.05, 4.69) is 24.9 Å². The lowest BCUT2D eigenvalue weighted by molar-refractivity contribution is 0.242. The highest BCUT2D eigenvalue weighted by atomic mass is 16.1. The van der Waals surface area contributed by atoms with Crippen molar-refractivity contribution in [2.75, 3.05) is 37.6 Å². The molecule has 0 unspecified atom stereocenters. The quantitative estimate of drug-likeness (QED) is 0.817. The summed E-state index contributed by atoms with van der Waals surface area (Å²) < 4.78 is 1.55. The lowest BCUT2D eigenvalue weighted by Gasteiger charge is -2.35. The first-order valence-electron chi connectivity index (χ1n) is 7.92. The third-order valence-electron chi connectivity index (χ3n) is 4.11. The van der Waals surface area contributed by atoms with Crippen LogP contribution in [0.3, 0.4) is 0 Å². The lowest BCUT2D eigenvalue weighted by Crippen LogP contribution is -2.48. The van der Waals surface area contributed by atoms with Crippen molar-refractivity contribution in [1.82, 2.24) is 24.6 Å². The Hall–Kier alpha value is -2.28. The summed E-state index contributed by atoms with van der Waals surface area (Å²) in [6.07, 6.45) is 1.62. The molecule has 0 saturated carbocycles. The van der Waals surface area contributed by atoms with Crippen LogP contribution in [0, 0.1) is 13.8 Å². The van der Waals surface area contributed by atoms with E-state index in [4.69, 9.17) is 0 Å². The van der Waals surface area contributed by atoms with Gasteiger partial charge in [-0.2, -0.15) is 5.10 Å². The van der Waals surface area contributed by atoms with Crippen molar-refractivity contribution in [1.29, 1.82) is 0 Å². The Kier molecular flexibility index (Phi) is 4.66. The Morgan fingerprint density at radius 1 is 1.00 bits per heavy atom. The highest BCUT2D eigenvalue weighted by molar-refractivity contribution is 5.39. The molecule has 0 aromatic carbocycles. The number of nitrogens with zero attached hydrogens (tertiary/aromatic N) is 6. The van der Waals surface area contributed by atoms with Gasteiger partial charge in [0.15, 0.2) is 0 Å². The molecule has 0 N–H and O–H groups in total. The van der Waals surface area contributed by atoms with Crippen molar-refractivity contribution in [2.45, 2.75) is 20.4 Å². The van der Waals surface area contributed by atoms with Gasteiger partial charge in [0.2, 0.25) is 0 Å². The number of aryl methyl sites for hydroxylation is 2. The SMILES string of the molecule is Cc1cc(N2CCN(CCn3nc(C)ccc3=O)CC2)ncn1. The molecule has 7 nitrogen and oxygen atoms in total. The van der Waals surface area contributed by atoms with Crippen LogP contribution < -0.4 is 10.5 Å². The summed E-state index contributed by atoms with van der Waals surface area (Å²) in [4.78, 5) is 24.9. The van der Waals surface area contributed by atoms with Crippen molar-refractivity contribution in [2.24, 2.45) is 0 Å². The van der Waals surface area contributed by atoms with Crippen molar-refractivity contribution in [3.63, 3.8) is 0 Å². The zero-order valence-corrected chi connectivity index (χ0v) is 13.6. The molecule has 0 atom stereocenters. The monoisotopic (exact) mass is 314 g/mol. The van der Waals surface area contributed by atoms with E-state index < -0.39 is 0 Å². The predicted molar refractivity (Wildman–Crippen MR) is 88.7 cm³/mol. The topological polar surface area (TPSA) is 67.2 Å². The van der Waals surface area contributed by atoms with Gasteiger partial charge in [-0.05, 0) is 19.9 Å². The molecule has 0 bridgehead atoms. The molecule has 3 rings (SSSR count). The third kappa shape index (κ3) is 3.92.